The van der Waals surface area contributed by atoms with Crippen molar-refractivity contribution in [3.05, 3.63) is 0 Å². The minimum Gasteiger partial charge on any atom is -0.325 e. The lowest BCUT2D eigenvalue weighted by molar-refractivity contribution is 0.257. The fourth-order valence-corrected chi connectivity index (χ4v) is 2.74. The normalized spacial score (nSPS) is 48.7. The minimum absolute atomic E-state index is 0.116. The second-order valence-corrected chi connectivity index (χ2v) is 4.32. The van der Waals surface area contributed by atoms with E-state index in [2.05, 4.69) is 5.92 Å². The predicted octanol–water partition coefficient (Wildman–Crippen LogP) is 1.67. The zero-order valence-electron chi connectivity index (χ0n) is 6.90. The van der Waals surface area contributed by atoms with Gasteiger partial charge in [-0.05, 0) is 32.1 Å². The summed E-state index contributed by atoms with van der Waals surface area (Å²) in [7, 11) is 0. The quantitative estimate of drug-likeness (QED) is 0.521. The smallest absolute Gasteiger partial charge is 0.0330 e. The Morgan fingerprint density at radius 2 is 2.00 bits per heavy atom. The summed E-state index contributed by atoms with van der Waals surface area (Å²) in [5.74, 6) is 2.95. The fraction of sp³-hybridized carbons (Fsp3) is 0.800. The molecule has 60 valence electrons. The molecule has 2 atom stereocenters. The third kappa shape index (κ3) is 0.973. The maximum Gasteiger partial charge on any atom is 0.0330 e. The molecule has 0 aliphatic heterocycles. The number of nitrogens with two attached hydrogens (primary N) is 1. The van der Waals surface area contributed by atoms with E-state index < -0.39 is 0 Å². The van der Waals surface area contributed by atoms with Crippen molar-refractivity contribution in [2.24, 2.45) is 11.1 Å². The van der Waals surface area contributed by atoms with E-state index in [0.717, 1.165) is 12.8 Å². The van der Waals surface area contributed by atoms with Crippen molar-refractivity contribution in [2.45, 2.75) is 44.1 Å². The van der Waals surface area contributed by atoms with Gasteiger partial charge in [0.15, 0.2) is 0 Å². The molecule has 2 aliphatic rings. The highest BCUT2D eigenvalue weighted by Gasteiger charge is 2.47. The number of fused-ring (bicyclic) bond motifs is 2. The Balaban J connectivity index is 2.25. The maximum atomic E-state index is 6.17. The second kappa shape index (κ2) is 2.01. The first-order chi connectivity index (χ1) is 5.18. The summed E-state index contributed by atoms with van der Waals surface area (Å²) in [5.41, 5.74) is 6.48. The monoisotopic (exact) mass is 149 g/mol. The van der Waals surface area contributed by atoms with E-state index in [1.54, 1.807) is 0 Å². The average Bonchev–Trinajstić information content (AvgIpc) is 2.24. The molecule has 2 N–H and O–H groups in total. The second-order valence-electron chi connectivity index (χ2n) is 4.32. The molecule has 0 spiro atoms. The molecule has 2 aliphatic carbocycles. The molecule has 2 bridgehead atoms. The average molecular weight is 149 g/mol. The molecule has 0 radical (unpaired) electrons. The number of hydrogen-bond donors (Lipinski definition) is 1. The fourth-order valence-electron chi connectivity index (χ4n) is 2.74. The van der Waals surface area contributed by atoms with Gasteiger partial charge in [0.05, 0.1) is 0 Å². The Bertz CT molecular complexity index is 215. The summed E-state index contributed by atoms with van der Waals surface area (Å²) in [6, 6.07) is 0. The van der Waals surface area contributed by atoms with Crippen molar-refractivity contribution in [3.8, 4) is 12.3 Å². The van der Waals surface area contributed by atoms with Gasteiger partial charge in [-0.1, -0.05) is 12.3 Å². The predicted molar refractivity (Wildman–Crippen MR) is 45.9 cm³/mol. The molecule has 0 aromatic carbocycles. The lowest BCUT2D eigenvalue weighted by atomic mass is 9.74. The van der Waals surface area contributed by atoms with E-state index in [9.17, 15) is 0 Å². The molecule has 0 aromatic rings. The van der Waals surface area contributed by atoms with Crippen molar-refractivity contribution in [3.63, 3.8) is 0 Å². The van der Waals surface area contributed by atoms with E-state index in [-0.39, 0.29) is 11.0 Å². The Hall–Kier alpha value is -0.480. The Labute approximate surface area is 68.4 Å². The van der Waals surface area contributed by atoms with Crippen LogP contribution in [0.1, 0.15) is 38.5 Å². The third-order valence-corrected chi connectivity index (χ3v) is 3.43. The van der Waals surface area contributed by atoms with Crippen LogP contribution in [0.15, 0.2) is 0 Å². The summed E-state index contributed by atoms with van der Waals surface area (Å²) in [6.45, 7) is 0. The van der Waals surface area contributed by atoms with Crippen LogP contribution in [-0.2, 0) is 0 Å². The molecule has 1 nitrogen and oxygen atoms in total. The van der Waals surface area contributed by atoms with E-state index in [4.69, 9.17) is 12.2 Å². The SMILES string of the molecule is C#CC12CCCC(N)(CC1)C2. The van der Waals surface area contributed by atoms with Crippen molar-refractivity contribution in [1.82, 2.24) is 0 Å². The van der Waals surface area contributed by atoms with Gasteiger partial charge < -0.3 is 5.73 Å². The summed E-state index contributed by atoms with van der Waals surface area (Å²) in [5, 5.41) is 0. The summed E-state index contributed by atoms with van der Waals surface area (Å²) in [6.07, 6.45) is 12.6. The standard InChI is InChI=1S/C10H15N/c1-2-9-4-3-5-10(11,8-9)7-6-9/h1H,3-8,11H2. The molecule has 0 amide bonds. The highest BCUT2D eigenvalue weighted by molar-refractivity contribution is 5.16. The maximum absolute atomic E-state index is 6.17. The molecular weight excluding hydrogens is 134 g/mol. The highest BCUT2D eigenvalue weighted by atomic mass is 14.8. The molecular formula is C10H15N. The van der Waals surface area contributed by atoms with Crippen molar-refractivity contribution >= 4 is 0 Å². The van der Waals surface area contributed by atoms with Gasteiger partial charge in [-0.3, -0.25) is 0 Å². The van der Waals surface area contributed by atoms with Gasteiger partial charge >= 0.3 is 0 Å². The van der Waals surface area contributed by atoms with Gasteiger partial charge in [0.2, 0.25) is 0 Å². The zero-order chi connectivity index (χ0) is 7.95. The Morgan fingerprint density at radius 1 is 1.18 bits per heavy atom. The molecule has 0 heterocycles. The van der Waals surface area contributed by atoms with Gasteiger partial charge in [0.1, 0.15) is 0 Å². The van der Waals surface area contributed by atoms with Crippen LogP contribution in [0.4, 0.5) is 0 Å². The summed E-state index contributed by atoms with van der Waals surface area (Å²) >= 11 is 0. The lowest BCUT2D eigenvalue weighted by Gasteiger charge is -2.33. The Morgan fingerprint density at radius 3 is 2.64 bits per heavy atom. The molecule has 2 saturated carbocycles. The Kier molecular flexibility index (Phi) is 1.32. The van der Waals surface area contributed by atoms with Crippen LogP contribution >= 0.6 is 0 Å². The van der Waals surface area contributed by atoms with Gasteiger partial charge in [-0.15, -0.1) is 6.42 Å². The van der Waals surface area contributed by atoms with Crippen LogP contribution in [0.3, 0.4) is 0 Å². The summed E-state index contributed by atoms with van der Waals surface area (Å²) < 4.78 is 0. The van der Waals surface area contributed by atoms with Crippen LogP contribution in [0.5, 0.6) is 0 Å². The number of rotatable bonds is 0. The first-order valence-corrected chi connectivity index (χ1v) is 4.45. The topological polar surface area (TPSA) is 26.0 Å². The van der Waals surface area contributed by atoms with Crippen LogP contribution in [0, 0.1) is 17.8 Å². The third-order valence-electron chi connectivity index (χ3n) is 3.43. The molecule has 2 fully saturated rings. The van der Waals surface area contributed by atoms with Crippen molar-refractivity contribution < 1.29 is 0 Å². The van der Waals surface area contributed by atoms with Crippen LogP contribution in [-0.4, -0.2) is 5.54 Å². The first-order valence-electron chi connectivity index (χ1n) is 4.45. The van der Waals surface area contributed by atoms with Gasteiger partial charge in [0.25, 0.3) is 0 Å². The van der Waals surface area contributed by atoms with E-state index in [1.807, 2.05) is 0 Å². The highest BCUT2D eigenvalue weighted by Crippen LogP contribution is 2.51. The van der Waals surface area contributed by atoms with E-state index in [0.29, 0.717) is 0 Å². The lowest BCUT2D eigenvalue weighted by Crippen LogP contribution is -2.40. The first kappa shape index (κ1) is 7.18. The van der Waals surface area contributed by atoms with E-state index >= 15 is 0 Å². The van der Waals surface area contributed by atoms with Crippen LogP contribution in [0.25, 0.3) is 0 Å². The number of hydrogen-bond acceptors (Lipinski definition) is 1. The molecule has 0 saturated heterocycles. The van der Waals surface area contributed by atoms with Gasteiger partial charge in [0, 0.05) is 11.0 Å². The minimum atomic E-state index is 0.116. The molecule has 2 rings (SSSR count). The number of terminal acetylenes is 1. The van der Waals surface area contributed by atoms with Crippen molar-refractivity contribution in [2.75, 3.05) is 0 Å². The zero-order valence-corrected chi connectivity index (χ0v) is 6.90. The molecule has 11 heavy (non-hydrogen) atoms. The van der Waals surface area contributed by atoms with E-state index in [1.165, 1.54) is 25.7 Å². The molecule has 1 heteroatoms. The largest absolute Gasteiger partial charge is 0.325 e. The van der Waals surface area contributed by atoms with Crippen LogP contribution < -0.4 is 5.73 Å². The molecule has 2 unspecified atom stereocenters. The van der Waals surface area contributed by atoms with Gasteiger partial charge in [-0.25, -0.2) is 0 Å². The van der Waals surface area contributed by atoms with Crippen molar-refractivity contribution in [1.29, 1.82) is 0 Å². The van der Waals surface area contributed by atoms with Crippen LogP contribution in [0.2, 0.25) is 0 Å². The van der Waals surface area contributed by atoms with Gasteiger partial charge in [-0.2, -0.15) is 0 Å². The summed E-state index contributed by atoms with van der Waals surface area (Å²) in [4.78, 5) is 0. The molecule has 0 aromatic heterocycles.